The molecule has 4 heterocycles. The molecule has 0 unspecified atom stereocenters. The standard InChI is InChI=1S/2C22H33NO2.C2H2O4/c2*1-4-5-6-9-18-16-19(24-15-14-23-12-7-8-13-23)17-21-20(18)10-11-22(2,3)25-21;3-1(4)2(5)6/h2*10-11,16-17H,4-9,12-15H2,1-3H3;(H,3,4)(H,5,6). The molecule has 2 aromatic rings. The zero-order valence-electron chi connectivity index (χ0n) is 35.0. The van der Waals surface area contributed by atoms with Crippen molar-refractivity contribution >= 4 is 24.1 Å². The van der Waals surface area contributed by atoms with Gasteiger partial charge >= 0.3 is 11.9 Å². The number of fused-ring (bicyclic) bond motifs is 2. The summed E-state index contributed by atoms with van der Waals surface area (Å²) < 4.78 is 24.6. The van der Waals surface area contributed by atoms with Gasteiger partial charge in [-0.05, 0) is 141 Å². The highest BCUT2D eigenvalue weighted by molar-refractivity contribution is 6.27. The Kier molecular flexibility index (Phi) is 17.6. The van der Waals surface area contributed by atoms with Crippen molar-refractivity contribution in [1.82, 2.24) is 9.80 Å². The van der Waals surface area contributed by atoms with E-state index < -0.39 is 11.9 Å². The Labute approximate surface area is 335 Å². The summed E-state index contributed by atoms with van der Waals surface area (Å²) in [5.74, 6) is 0.200. The molecule has 10 heteroatoms. The van der Waals surface area contributed by atoms with Gasteiger partial charge in [0.15, 0.2) is 0 Å². The topological polar surface area (TPSA) is 118 Å². The van der Waals surface area contributed by atoms with Crippen LogP contribution in [0, 0.1) is 0 Å². The fourth-order valence-corrected chi connectivity index (χ4v) is 7.37. The third-order valence-corrected chi connectivity index (χ3v) is 10.5. The second-order valence-electron chi connectivity index (χ2n) is 16.4. The third-order valence-electron chi connectivity index (χ3n) is 10.5. The predicted molar refractivity (Wildman–Crippen MR) is 224 cm³/mol. The fourth-order valence-electron chi connectivity index (χ4n) is 7.37. The van der Waals surface area contributed by atoms with E-state index >= 15 is 0 Å². The van der Waals surface area contributed by atoms with Crippen molar-refractivity contribution in [2.45, 2.75) is 130 Å². The smallest absolute Gasteiger partial charge is 0.414 e. The van der Waals surface area contributed by atoms with Gasteiger partial charge in [-0.2, -0.15) is 0 Å². The lowest BCUT2D eigenvalue weighted by Crippen LogP contribution is -2.28. The Hall–Kier alpha value is -4.02. The summed E-state index contributed by atoms with van der Waals surface area (Å²) in [6, 6.07) is 8.61. The molecule has 2 N–H and O–H groups in total. The number of unbranched alkanes of at least 4 members (excludes halogenated alkanes) is 4. The summed E-state index contributed by atoms with van der Waals surface area (Å²) in [7, 11) is 0. The van der Waals surface area contributed by atoms with E-state index in [2.05, 4.69) is 99.9 Å². The van der Waals surface area contributed by atoms with Crippen molar-refractivity contribution in [1.29, 1.82) is 0 Å². The molecule has 2 saturated heterocycles. The molecule has 4 aliphatic heterocycles. The summed E-state index contributed by atoms with van der Waals surface area (Å²) in [4.78, 5) is 23.2. The lowest BCUT2D eigenvalue weighted by molar-refractivity contribution is -0.159. The van der Waals surface area contributed by atoms with Gasteiger partial charge in [0.2, 0.25) is 0 Å². The largest absolute Gasteiger partial charge is 0.492 e. The number of hydrogen-bond acceptors (Lipinski definition) is 8. The zero-order chi connectivity index (χ0) is 40.6. The Balaban J connectivity index is 0.000000217. The Bertz CT molecular complexity index is 1500. The van der Waals surface area contributed by atoms with Crippen LogP contribution in [0.4, 0.5) is 0 Å². The number of aliphatic carboxylic acids is 2. The maximum Gasteiger partial charge on any atom is 0.414 e. The van der Waals surface area contributed by atoms with E-state index in [-0.39, 0.29) is 11.2 Å². The molecule has 0 bridgehead atoms. The molecule has 310 valence electrons. The van der Waals surface area contributed by atoms with Crippen molar-refractivity contribution in [3.63, 3.8) is 0 Å². The number of aryl methyl sites for hydroxylation is 2. The van der Waals surface area contributed by atoms with E-state index in [4.69, 9.17) is 38.7 Å². The van der Waals surface area contributed by atoms with E-state index in [0.29, 0.717) is 0 Å². The molecule has 2 fully saturated rings. The van der Waals surface area contributed by atoms with Crippen molar-refractivity contribution in [3.8, 4) is 23.0 Å². The number of likely N-dealkylation sites (tertiary alicyclic amines) is 2. The van der Waals surface area contributed by atoms with Gasteiger partial charge in [-0.25, -0.2) is 9.59 Å². The van der Waals surface area contributed by atoms with Gasteiger partial charge < -0.3 is 29.2 Å². The highest BCUT2D eigenvalue weighted by atomic mass is 16.5. The second-order valence-corrected chi connectivity index (χ2v) is 16.4. The number of carboxylic acid groups (broad SMARTS) is 2. The summed E-state index contributed by atoms with van der Waals surface area (Å²) in [5.41, 5.74) is 4.69. The Morgan fingerprint density at radius 2 is 1.00 bits per heavy atom. The SMILES string of the molecule is CCCCCc1cc(OCCN2CCCC2)cc2c1C=CC(C)(C)O2.CCCCCc1cc(OCCN2CCCC2)cc2c1C=CC(C)(C)O2.O=C(O)C(=O)O. The number of carboxylic acids is 2. The third kappa shape index (κ3) is 14.8. The van der Waals surface area contributed by atoms with E-state index in [1.54, 1.807) is 0 Å². The van der Waals surface area contributed by atoms with E-state index in [1.807, 2.05) is 0 Å². The number of benzene rings is 2. The van der Waals surface area contributed by atoms with Gasteiger partial charge in [0.05, 0.1) is 0 Å². The van der Waals surface area contributed by atoms with Gasteiger partial charge in [0.1, 0.15) is 47.4 Å². The summed E-state index contributed by atoms with van der Waals surface area (Å²) in [6.07, 6.45) is 23.7. The number of hydrogen-bond donors (Lipinski definition) is 2. The average Bonchev–Trinajstić information content (AvgIpc) is 3.86. The van der Waals surface area contributed by atoms with Crippen LogP contribution < -0.4 is 18.9 Å². The summed E-state index contributed by atoms with van der Waals surface area (Å²) in [6.45, 7) is 21.3. The minimum atomic E-state index is -1.82. The highest BCUT2D eigenvalue weighted by Crippen LogP contribution is 2.39. The van der Waals surface area contributed by atoms with Crippen LogP contribution in [0.2, 0.25) is 0 Å². The van der Waals surface area contributed by atoms with Crippen LogP contribution in [0.3, 0.4) is 0 Å². The maximum atomic E-state index is 9.10. The lowest BCUT2D eigenvalue weighted by Gasteiger charge is -2.29. The van der Waals surface area contributed by atoms with Crippen LogP contribution in [0.25, 0.3) is 12.2 Å². The van der Waals surface area contributed by atoms with Crippen LogP contribution in [0.1, 0.15) is 128 Å². The molecular formula is C46H68N2O8. The Morgan fingerprint density at radius 3 is 1.34 bits per heavy atom. The maximum absolute atomic E-state index is 9.10. The average molecular weight is 777 g/mol. The summed E-state index contributed by atoms with van der Waals surface area (Å²) >= 11 is 0. The quantitative estimate of drug-likeness (QED) is 0.126. The van der Waals surface area contributed by atoms with Crippen LogP contribution in [0.15, 0.2) is 36.4 Å². The molecule has 0 aliphatic carbocycles. The van der Waals surface area contributed by atoms with Gasteiger partial charge in [0.25, 0.3) is 0 Å². The van der Waals surface area contributed by atoms with Crippen LogP contribution in [0.5, 0.6) is 23.0 Å². The molecule has 10 nitrogen and oxygen atoms in total. The molecular weight excluding hydrogens is 709 g/mol. The number of nitrogens with zero attached hydrogens (tertiary/aromatic N) is 2. The van der Waals surface area contributed by atoms with E-state index in [1.165, 1.54) is 113 Å². The van der Waals surface area contributed by atoms with Crippen molar-refractivity contribution in [2.75, 3.05) is 52.5 Å². The molecule has 0 saturated carbocycles. The van der Waals surface area contributed by atoms with Crippen LogP contribution >= 0.6 is 0 Å². The van der Waals surface area contributed by atoms with Gasteiger partial charge in [-0.3, -0.25) is 9.80 Å². The predicted octanol–water partition coefficient (Wildman–Crippen LogP) is 9.31. The van der Waals surface area contributed by atoms with E-state index in [9.17, 15) is 0 Å². The minimum Gasteiger partial charge on any atom is -0.492 e. The number of carbonyl (C=O) groups is 2. The zero-order valence-corrected chi connectivity index (χ0v) is 35.0. The molecule has 0 aromatic heterocycles. The molecule has 0 amide bonds. The first-order chi connectivity index (χ1) is 26.8. The fraction of sp³-hybridized carbons (Fsp3) is 0.609. The molecule has 2 aromatic carbocycles. The molecule has 0 spiro atoms. The normalized spacial score (nSPS) is 17.6. The minimum absolute atomic E-state index is 0.248. The summed E-state index contributed by atoms with van der Waals surface area (Å²) in [5, 5.41) is 14.8. The van der Waals surface area contributed by atoms with Gasteiger partial charge in [-0.15, -0.1) is 0 Å². The van der Waals surface area contributed by atoms with Crippen LogP contribution in [-0.4, -0.2) is 95.6 Å². The molecule has 0 radical (unpaired) electrons. The van der Waals surface area contributed by atoms with Gasteiger partial charge in [-0.1, -0.05) is 51.7 Å². The first kappa shape index (κ1) is 44.7. The van der Waals surface area contributed by atoms with Crippen molar-refractivity contribution < 1.29 is 38.7 Å². The first-order valence-electron chi connectivity index (χ1n) is 21.1. The van der Waals surface area contributed by atoms with Crippen LogP contribution in [-0.2, 0) is 22.4 Å². The second kappa shape index (κ2) is 22.1. The molecule has 6 rings (SSSR count). The van der Waals surface area contributed by atoms with Gasteiger partial charge in [0, 0.05) is 36.3 Å². The highest BCUT2D eigenvalue weighted by Gasteiger charge is 2.26. The van der Waals surface area contributed by atoms with Crippen molar-refractivity contribution in [2.24, 2.45) is 0 Å². The molecule has 56 heavy (non-hydrogen) atoms. The Morgan fingerprint density at radius 1 is 0.625 bits per heavy atom. The lowest BCUT2D eigenvalue weighted by atomic mass is 9.95. The van der Waals surface area contributed by atoms with E-state index in [0.717, 1.165) is 62.1 Å². The first-order valence-corrected chi connectivity index (χ1v) is 21.1. The molecule has 4 aliphatic rings. The number of rotatable bonds is 16. The monoisotopic (exact) mass is 776 g/mol. The molecule has 0 atom stereocenters. The number of ether oxygens (including phenoxy) is 4. The van der Waals surface area contributed by atoms with Crippen molar-refractivity contribution in [3.05, 3.63) is 58.7 Å².